The van der Waals surface area contributed by atoms with Crippen molar-refractivity contribution in [2.24, 2.45) is 5.92 Å². The monoisotopic (exact) mass is 154 g/mol. The van der Waals surface area contributed by atoms with Crippen LogP contribution in [-0.2, 0) is 9.53 Å². The molecule has 0 saturated heterocycles. The normalized spacial score (nSPS) is 18.2. The number of allylic oxidation sites excluding steroid dienone is 1. The SMILES string of the molecule is CCOC=C(C)C(=O)C1CC1. The lowest BCUT2D eigenvalue weighted by Gasteiger charge is -1.98. The van der Waals surface area contributed by atoms with Crippen molar-refractivity contribution in [3.05, 3.63) is 11.8 Å². The maximum atomic E-state index is 11.3. The molecule has 0 amide bonds. The molecule has 2 nitrogen and oxygen atoms in total. The summed E-state index contributed by atoms with van der Waals surface area (Å²) in [6.07, 6.45) is 3.70. The molecular formula is C9H14O2. The lowest BCUT2D eigenvalue weighted by atomic mass is 10.1. The Kier molecular flexibility index (Phi) is 2.69. The third kappa shape index (κ3) is 2.37. The minimum atomic E-state index is 0.262. The highest BCUT2D eigenvalue weighted by atomic mass is 16.5. The Bertz CT molecular complexity index is 178. The molecule has 0 unspecified atom stereocenters. The summed E-state index contributed by atoms with van der Waals surface area (Å²) in [5.74, 6) is 0.574. The van der Waals surface area contributed by atoms with E-state index in [0.717, 1.165) is 18.4 Å². The van der Waals surface area contributed by atoms with Crippen LogP contribution in [-0.4, -0.2) is 12.4 Å². The van der Waals surface area contributed by atoms with Crippen molar-refractivity contribution in [2.45, 2.75) is 26.7 Å². The van der Waals surface area contributed by atoms with Crippen molar-refractivity contribution in [3.63, 3.8) is 0 Å². The van der Waals surface area contributed by atoms with Gasteiger partial charge < -0.3 is 4.74 Å². The smallest absolute Gasteiger partial charge is 0.164 e. The van der Waals surface area contributed by atoms with Gasteiger partial charge in [0.15, 0.2) is 5.78 Å². The van der Waals surface area contributed by atoms with Crippen LogP contribution in [0.25, 0.3) is 0 Å². The van der Waals surface area contributed by atoms with Crippen LogP contribution < -0.4 is 0 Å². The average Bonchev–Trinajstić information content (AvgIpc) is 2.81. The van der Waals surface area contributed by atoms with Crippen LogP contribution in [0.4, 0.5) is 0 Å². The predicted octanol–water partition coefficient (Wildman–Crippen LogP) is 1.91. The zero-order valence-corrected chi connectivity index (χ0v) is 7.09. The summed E-state index contributed by atoms with van der Waals surface area (Å²) >= 11 is 0. The molecule has 62 valence electrons. The maximum absolute atomic E-state index is 11.3. The van der Waals surface area contributed by atoms with Crippen LogP contribution in [0.15, 0.2) is 11.8 Å². The molecule has 1 saturated carbocycles. The third-order valence-electron chi connectivity index (χ3n) is 1.76. The Balaban J connectivity index is 2.38. The molecule has 0 radical (unpaired) electrons. The van der Waals surface area contributed by atoms with Crippen molar-refractivity contribution >= 4 is 5.78 Å². The highest BCUT2D eigenvalue weighted by Gasteiger charge is 2.30. The first kappa shape index (κ1) is 8.31. The van der Waals surface area contributed by atoms with Crippen molar-refractivity contribution in [1.29, 1.82) is 0 Å². The second-order valence-corrected chi connectivity index (χ2v) is 2.89. The van der Waals surface area contributed by atoms with E-state index in [4.69, 9.17) is 4.74 Å². The van der Waals surface area contributed by atoms with E-state index in [9.17, 15) is 4.79 Å². The van der Waals surface area contributed by atoms with Gasteiger partial charge in [-0.2, -0.15) is 0 Å². The molecule has 0 aliphatic heterocycles. The molecular weight excluding hydrogens is 140 g/mol. The van der Waals surface area contributed by atoms with E-state index in [1.807, 2.05) is 13.8 Å². The fourth-order valence-electron chi connectivity index (χ4n) is 0.934. The molecule has 1 aliphatic carbocycles. The first-order valence-corrected chi connectivity index (χ1v) is 4.08. The first-order valence-electron chi connectivity index (χ1n) is 4.08. The zero-order valence-electron chi connectivity index (χ0n) is 7.09. The van der Waals surface area contributed by atoms with E-state index >= 15 is 0 Å². The van der Waals surface area contributed by atoms with Gasteiger partial charge in [-0.05, 0) is 26.7 Å². The molecule has 1 aliphatic rings. The number of rotatable bonds is 4. The summed E-state index contributed by atoms with van der Waals surface area (Å²) in [5, 5.41) is 0. The van der Waals surface area contributed by atoms with E-state index in [2.05, 4.69) is 0 Å². The van der Waals surface area contributed by atoms with Crippen LogP contribution in [0.3, 0.4) is 0 Å². The fourth-order valence-corrected chi connectivity index (χ4v) is 0.934. The molecule has 1 rings (SSSR count). The number of hydrogen-bond donors (Lipinski definition) is 0. The molecule has 0 spiro atoms. The van der Waals surface area contributed by atoms with E-state index in [0.29, 0.717) is 12.5 Å². The fraction of sp³-hybridized carbons (Fsp3) is 0.667. The lowest BCUT2D eigenvalue weighted by molar-refractivity contribution is -0.116. The summed E-state index contributed by atoms with van der Waals surface area (Å²) in [4.78, 5) is 11.3. The summed E-state index contributed by atoms with van der Waals surface area (Å²) in [7, 11) is 0. The van der Waals surface area contributed by atoms with E-state index in [1.54, 1.807) is 6.26 Å². The van der Waals surface area contributed by atoms with E-state index in [1.165, 1.54) is 0 Å². The lowest BCUT2D eigenvalue weighted by Crippen LogP contribution is -2.02. The average molecular weight is 154 g/mol. The Hall–Kier alpha value is -0.790. The minimum absolute atomic E-state index is 0.262. The summed E-state index contributed by atoms with van der Waals surface area (Å²) in [5.41, 5.74) is 0.759. The van der Waals surface area contributed by atoms with Crippen LogP contribution in [0, 0.1) is 5.92 Å². The van der Waals surface area contributed by atoms with Crippen molar-refractivity contribution in [1.82, 2.24) is 0 Å². The molecule has 1 fully saturated rings. The Morgan fingerprint density at radius 3 is 2.73 bits per heavy atom. The Labute approximate surface area is 67.2 Å². The maximum Gasteiger partial charge on any atom is 0.164 e. The standard InChI is InChI=1S/C9H14O2/c1-3-11-6-7(2)9(10)8-4-5-8/h6,8H,3-5H2,1-2H3. The van der Waals surface area contributed by atoms with Crippen molar-refractivity contribution in [3.8, 4) is 0 Å². The van der Waals surface area contributed by atoms with Gasteiger partial charge in [-0.15, -0.1) is 0 Å². The van der Waals surface area contributed by atoms with Gasteiger partial charge >= 0.3 is 0 Å². The van der Waals surface area contributed by atoms with Gasteiger partial charge in [-0.25, -0.2) is 0 Å². The highest BCUT2D eigenvalue weighted by Crippen LogP contribution is 2.32. The molecule has 0 bridgehead atoms. The molecule has 0 aromatic heterocycles. The number of carbonyl (C=O) groups excluding carboxylic acids is 1. The summed E-state index contributed by atoms with van der Waals surface area (Å²) in [6, 6.07) is 0. The molecule has 0 atom stereocenters. The number of carbonyl (C=O) groups is 1. The van der Waals surface area contributed by atoms with Gasteiger partial charge in [-0.1, -0.05) is 0 Å². The number of ketones is 1. The van der Waals surface area contributed by atoms with E-state index < -0.39 is 0 Å². The van der Waals surface area contributed by atoms with Crippen LogP contribution in [0.2, 0.25) is 0 Å². The third-order valence-corrected chi connectivity index (χ3v) is 1.76. The van der Waals surface area contributed by atoms with Gasteiger partial charge in [0.2, 0.25) is 0 Å². The second-order valence-electron chi connectivity index (χ2n) is 2.89. The molecule has 2 heteroatoms. The summed E-state index contributed by atoms with van der Waals surface area (Å²) < 4.78 is 5.01. The van der Waals surface area contributed by atoms with Gasteiger partial charge in [0.05, 0.1) is 12.9 Å². The predicted molar refractivity (Wildman–Crippen MR) is 43.1 cm³/mol. The largest absolute Gasteiger partial charge is 0.501 e. The van der Waals surface area contributed by atoms with Crippen molar-refractivity contribution in [2.75, 3.05) is 6.61 Å². The van der Waals surface area contributed by atoms with Gasteiger partial charge in [-0.3, -0.25) is 4.79 Å². The van der Waals surface area contributed by atoms with Gasteiger partial charge in [0.1, 0.15) is 0 Å². The zero-order chi connectivity index (χ0) is 8.27. The first-order chi connectivity index (χ1) is 5.25. The molecule has 0 N–H and O–H groups in total. The van der Waals surface area contributed by atoms with Crippen molar-refractivity contribution < 1.29 is 9.53 Å². The van der Waals surface area contributed by atoms with E-state index in [-0.39, 0.29) is 5.78 Å². The Morgan fingerprint density at radius 1 is 1.64 bits per heavy atom. The molecule has 0 aromatic rings. The second kappa shape index (κ2) is 3.56. The molecule has 0 aromatic carbocycles. The summed E-state index contributed by atoms with van der Waals surface area (Å²) in [6.45, 7) is 4.36. The van der Waals surface area contributed by atoms with Crippen LogP contribution >= 0.6 is 0 Å². The van der Waals surface area contributed by atoms with Crippen LogP contribution in [0.1, 0.15) is 26.7 Å². The topological polar surface area (TPSA) is 26.3 Å². The number of ether oxygens (including phenoxy) is 1. The number of hydrogen-bond acceptors (Lipinski definition) is 2. The van der Waals surface area contributed by atoms with Crippen LogP contribution in [0.5, 0.6) is 0 Å². The van der Waals surface area contributed by atoms with Gasteiger partial charge in [0, 0.05) is 11.5 Å². The number of Topliss-reactive ketones (excluding diaryl/α,β-unsaturated/α-hetero) is 1. The quantitative estimate of drug-likeness (QED) is 0.456. The molecule has 11 heavy (non-hydrogen) atoms. The minimum Gasteiger partial charge on any atom is -0.501 e. The highest BCUT2D eigenvalue weighted by molar-refractivity contribution is 5.97. The Morgan fingerprint density at radius 2 is 2.27 bits per heavy atom. The van der Waals surface area contributed by atoms with Gasteiger partial charge in [0.25, 0.3) is 0 Å². The molecule has 0 heterocycles.